The third-order valence-corrected chi connectivity index (χ3v) is 5.21. The second-order valence-electron chi connectivity index (χ2n) is 7.71. The van der Waals surface area contributed by atoms with Crippen molar-refractivity contribution >= 4 is 17.1 Å². The molecule has 1 saturated heterocycles. The Kier molecular flexibility index (Phi) is 3.83. The van der Waals surface area contributed by atoms with Crippen molar-refractivity contribution in [3.63, 3.8) is 0 Å². The lowest BCUT2D eigenvalue weighted by atomic mass is 9.93. The van der Waals surface area contributed by atoms with Crippen LogP contribution in [0.25, 0.3) is 11.2 Å². The van der Waals surface area contributed by atoms with E-state index < -0.39 is 0 Å². The molecule has 1 saturated carbocycles. The molecule has 4 rings (SSSR count). The Morgan fingerprint density at radius 1 is 1.42 bits per heavy atom. The van der Waals surface area contributed by atoms with Gasteiger partial charge in [0.2, 0.25) is 5.95 Å². The van der Waals surface area contributed by atoms with Gasteiger partial charge in [-0.25, -0.2) is 9.97 Å². The zero-order chi connectivity index (χ0) is 16.7. The van der Waals surface area contributed by atoms with Gasteiger partial charge in [-0.05, 0) is 58.1 Å². The van der Waals surface area contributed by atoms with Gasteiger partial charge >= 0.3 is 0 Å². The molecule has 0 aromatic carbocycles. The Morgan fingerprint density at radius 2 is 2.25 bits per heavy atom. The summed E-state index contributed by atoms with van der Waals surface area (Å²) in [6, 6.07) is 4.46. The first-order valence-corrected chi connectivity index (χ1v) is 8.97. The van der Waals surface area contributed by atoms with Crippen LogP contribution in [0.15, 0.2) is 30.6 Å². The van der Waals surface area contributed by atoms with Crippen molar-refractivity contribution in [2.24, 2.45) is 0 Å². The number of anilines is 1. The number of ether oxygens (including phenoxy) is 1. The predicted molar refractivity (Wildman–Crippen MR) is 96.0 cm³/mol. The van der Waals surface area contributed by atoms with Crippen LogP contribution in [-0.4, -0.2) is 26.2 Å². The summed E-state index contributed by atoms with van der Waals surface area (Å²) in [5, 5.41) is 3.44. The second-order valence-corrected chi connectivity index (χ2v) is 7.71. The van der Waals surface area contributed by atoms with Crippen molar-refractivity contribution in [2.45, 2.75) is 70.1 Å². The van der Waals surface area contributed by atoms with Crippen LogP contribution in [0.5, 0.6) is 0 Å². The third kappa shape index (κ3) is 2.93. The Hall–Kier alpha value is -1.88. The smallest absolute Gasteiger partial charge is 0.209 e. The summed E-state index contributed by atoms with van der Waals surface area (Å²) >= 11 is 0. The lowest BCUT2D eigenvalue weighted by Crippen LogP contribution is -2.22. The number of rotatable bonds is 5. The van der Waals surface area contributed by atoms with E-state index in [0.29, 0.717) is 6.04 Å². The summed E-state index contributed by atoms with van der Waals surface area (Å²) in [5.74, 6) is 0.871. The molecule has 5 heteroatoms. The molecule has 1 aliphatic heterocycles. The number of pyridine rings is 1. The SMILES string of the molecule is C=C(CC1CCC(C)(C)O1)Nc1nc2cccnc2n1C1CCC1. The van der Waals surface area contributed by atoms with E-state index in [-0.39, 0.29) is 11.7 Å². The molecule has 5 nitrogen and oxygen atoms in total. The van der Waals surface area contributed by atoms with E-state index in [0.717, 1.165) is 42.1 Å². The molecule has 2 aromatic rings. The Balaban J connectivity index is 1.52. The highest BCUT2D eigenvalue weighted by atomic mass is 16.5. The van der Waals surface area contributed by atoms with Crippen LogP contribution in [0.3, 0.4) is 0 Å². The first kappa shape index (κ1) is 15.6. The van der Waals surface area contributed by atoms with Crippen molar-refractivity contribution in [3.8, 4) is 0 Å². The van der Waals surface area contributed by atoms with Gasteiger partial charge in [0.1, 0.15) is 5.52 Å². The fraction of sp³-hybridized carbons (Fsp3) is 0.579. The number of fused-ring (bicyclic) bond motifs is 1. The molecular weight excluding hydrogens is 300 g/mol. The molecule has 1 aliphatic carbocycles. The summed E-state index contributed by atoms with van der Waals surface area (Å²) in [4.78, 5) is 9.29. The first-order chi connectivity index (χ1) is 11.5. The molecular formula is C19H26N4O. The largest absolute Gasteiger partial charge is 0.372 e. The maximum Gasteiger partial charge on any atom is 0.209 e. The van der Waals surface area contributed by atoms with Crippen LogP contribution in [0, 0.1) is 0 Å². The van der Waals surface area contributed by atoms with Crippen LogP contribution in [-0.2, 0) is 4.74 Å². The summed E-state index contributed by atoms with van der Waals surface area (Å²) < 4.78 is 8.34. The van der Waals surface area contributed by atoms with E-state index in [4.69, 9.17) is 9.72 Å². The average Bonchev–Trinajstić information content (AvgIpc) is 2.98. The monoisotopic (exact) mass is 326 g/mol. The molecule has 2 aromatic heterocycles. The topological polar surface area (TPSA) is 52.0 Å². The summed E-state index contributed by atoms with van der Waals surface area (Å²) in [5.41, 5.74) is 2.87. The minimum absolute atomic E-state index is 0.00601. The fourth-order valence-electron chi connectivity index (χ4n) is 3.71. The predicted octanol–water partition coefficient (Wildman–Crippen LogP) is 4.43. The molecule has 0 bridgehead atoms. The standard InChI is InChI=1S/C19H26N4O/c1-13(12-15-9-10-19(2,3)24-15)21-18-22-16-8-5-11-20-17(16)23(18)14-6-4-7-14/h5,8,11,14-15H,1,4,6-7,9-10,12H2,2-3H3,(H,21,22). The van der Waals surface area contributed by atoms with Gasteiger partial charge < -0.3 is 10.1 Å². The minimum Gasteiger partial charge on any atom is -0.372 e. The number of nitrogens with zero attached hydrogens (tertiary/aromatic N) is 3. The summed E-state index contributed by atoms with van der Waals surface area (Å²) in [6.45, 7) is 8.53. The highest BCUT2D eigenvalue weighted by Crippen LogP contribution is 2.37. The van der Waals surface area contributed by atoms with Crippen LogP contribution in [0.4, 0.5) is 5.95 Å². The van der Waals surface area contributed by atoms with Gasteiger partial charge in [-0.15, -0.1) is 0 Å². The number of hydrogen-bond acceptors (Lipinski definition) is 4. The van der Waals surface area contributed by atoms with Gasteiger partial charge in [0.05, 0.1) is 11.7 Å². The molecule has 0 spiro atoms. The Bertz CT molecular complexity index is 760. The zero-order valence-electron chi connectivity index (χ0n) is 14.6. The average molecular weight is 326 g/mol. The summed E-state index contributed by atoms with van der Waals surface area (Å²) in [7, 11) is 0. The van der Waals surface area contributed by atoms with Gasteiger partial charge in [0.25, 0.3) is 0 Å². The van der Waals surface area contributed by atoms with E-state index in [1.165, 1.54) is 19.3 Å². The van der Waals surface area contributed by atoms with Gasteiger partial charge in [-0.3, -0.25) is 4.57 Å². The van der Waals surface area contributed by atoms with Crippen LogP contribution in [0.1, 0.15) is 58.4 Å². The highest BCUT2D eigenvalue weighted by Gasteiger charge is 2.32. The molecule has 3 heterocycles. The van der Waals surface area contributed by atoms with Gasteiger partial charge in [-0.1, -0.05) is 6.58 Å². The van der Waals surface area contributed by atoms with E-state index in [1.807, 2.05) is 18.3 Å². The third-order valence-electron chi connectivity index (χ3n) is 5.21. The van der Waals surface area contributed by atoms with Crippen molar-refractivity contribution in [1.29, 1.82) is 0 Å². The number of nitrogens with one attached hydrogen (secondary N) is 1. The van der Waals surface area contributed by atoms with Crippen molar-refractivity contribution in [1.82, 2.24) is 14.5 Å². The van der Waals surface area contributed by atoms with Crippen LogP contribution in [0.2, 0.25) is 0 Å². The normalized spacial score (nSPS) is 23.3. The van der Waals surface area contributed by atoms with Crippen LogP contribution >= 0.6 is 0 Å². The van der Waals surface area contributed by atoms with Gasteiger partial charge in [0, 0.05) is 24.4 Å². The maximum absolute atomic E-state index is 6.09. The molecule has 24 heavy (non-hydrogen) atoms. The highest BCUT2D eigenvalue weighted by molar-refractivity contribution is 5.75. The molecule has 128 valence electrons. The Labute approximate surface area is 143 Å². The van der Waals surface area contributed by atoms with Gasteiger partial charge in [0.15, 0.2) is 5.65 Å². The quantitative estimate of drug-likeness (QED) is 0.883. The van der Waals surface area contributed by atoms with E-state index >= 15 is 0 Å². The molecule has 0 radical (unpaired) electrons. The number of hydrogen-bond donors (Lipinski definition) is 1. The lowest BCUT2D eigenvalue weighted by Gasteiger charge is -2.29. The first-order valence-electron chi connectivity index (χ1n) is 8.97. The van der Waals surface area contributed by atoms with Crippen LogP contribution < -0.4 is 5.32 Å². The number of aromatic nitrogens is 3. The lowest BCUT2D eigenvalue weighted by molar-refractivity contribution is -0.0143. The second kappa shape index (κ2) is 5.88. The fourth-order valence-corrected chi connectivity index (χ4v) is 3.71. The molecule has 0 amide bonds. The molecule has 2 aliphatic rings. The van der Waals surface area contributed by atoms with E-state index in [9.17, 15) is 0 Å². The van der Waals surface area contributed by atoms with Crippen molar-refractivity contribution < 1.29 is 4.74 Å². The molecule has 1 N–H and O–H groups in total. The maximum atomic E-state index is 6.09. The molecule has 1 unspecified atom stereocenters. The van der Waals surface area contributed by atoms with E-state index in [2.05, 4.69) is 35.3 Å². The molecule has 1 atom stereocenters. The zero-order valence-corrected chi connectivity index (χ0v) is 14.6. The molecule has 2 fully saturated rings. The Morgan fingerprint density at radius 3 is 2.92 bits per heavy atom. The minimum atomic E-state index is -0.00601. The van der Waals surface area contributed by atoms with Crippen molar-refractivity contribution in [2.75, 3.05) is 5.32 Å². The summed E-state index contributed by atoms with van der Waals surface area (Å²) in [6.07, 6.45) is 8.79. The van der Waals surface area contributed by atoms with Crippen molar-refractivity contribution in [3.05, 3.63) is 30.6 Å². The number of imidazole rings is 1. The van der Waals surface area contributed by atoms with Gasteiger partial charge in [-0.2, -0.15) is 0 Å². The van der Waals surface area contributed by atoms with E-state index in [1.54, 1.807) is 0 Å².